The summed E-state index contributed by atoms with van der Waals surface area (Å²) in [7, 11) is 1.87. The molecule has 1 atom stereocenters. The van der Waals surface area contributed by atoms with Crippen LogP contribution in [-0.4, -0.2) is 56.7 Å². The summed E-state index contributed by atoms with van der Waals surface area (Å²) < 4.78 is 59.9. The maximum Gasteiger partial charge on any atom is 0.435 e. The number of alkyl halides is 3. The Hall–Kier alpha value is -2.86. The Morgan fingerprint density at radius 3 is 2.64 bits per heavy atom. The zero-order chi connectivity index (χ0) is 19.9. The molecule has 1 aliphatic rings. The first-order valence-corrected chi connectivity index (χ1v) is 8.38. The zero-order valence-electron chi connectivity index (χ0n) is 14.6. The average molecular weight is 397 g/mol. The van der Waals surface area contributed by atoms with E-state index in [1.54, 1.807) is 0 Å². The van der Waals surface area contributed by atoms with Crippen LogP contribution in [-0.2, 0) is 6.18 Å². The molecule has 0 amide bonds. The summed E-state index contributed by atoms with van der Waals surface area (Å²) in [6, 6.07) is 4.18. The summed E-state index contributed by atoms with van der Waals surface area (Å²) in [6.45, 7) is 2.08. The molecule has 1 aromatic carbocycles. The van der Waals surface area contributed by atoms with Gasteiger partial charge in [0, 0.05) is 19.6 Å². The molecule has 3 aromatic rings. The van der Waals surface area contributed by atoms with Crippen LogP contribution in [0.5, 0.6) is 0 Å². The Morgan fingerprint density at radius 1 is 1.21 bits per heavy atom. The molecule has 1 N–H and O–H groups in total. The van der Waals surface area contributed by atoms with Gasteiger partial charge in [0.25, 0.3) is 5.89 Å². The predicted octanol–water partition coefficient (Wildman–Crippen LogP) is 2.05. The first kappa shape index (κ1) is 18.5. The first-order valence-electron chi connectivity index (χ1n) is 8.38. The van der Waals surface area contributed by atoms with Crippen molar-refractivity contribution in [2.75, 3.05) is 26.7 Å². The highest BCUT2D eigenvalue weighted by molar-refractivity contribution is 5.53. The van der Waals surface area contributed by atoms with Crippen LogP contribution in [0.25, 0.3) is 17.3 Å². The molecule has 1 unspecified atom stereocenters. The SMILES string of the molecule is CN1CCNCC1c1noc(-c2nnn(-c3ccc(F)cc3)c2C(F)(F)F)n1. The number of hydrogen-bond acceptors (Lipinski definition) is 7. The number of rotatable bonds is 3. The van der Waals surface area contributed by atoms with Crippen molar-refractivity contribution >= 4 is 0 Å². The summed E-state index contributed by atoms with van der Waals surface area (Å²) in [6.07, 6.45) is -4.80. The van der Waals surface area contributed by atoms with E-state index in [0.717, 1.165) is 25.2 Å². The minimum absolute atomic E-state index is 0.00317. The third-order valence-electron chi connectivity index (χ3n) is 4.46. The molecule has 1 fully saturated rings. The second-order valence-electron chi connectivity index (χ2n) is 6.33. The lowest BCUT2D eigenvalue weighted by atomic mass is 10.2. The number of likely N-dealkylation sites (N-methyl/N-ethyl adjacent to an activating group) is 1. The summed E-state index contributed by atoms with van der Waals surface area (Å²) in [5.74, 6) is -0.701. The first-order chi connectivity index (χ1) is 13.3. The number of nitrogens with zero attached hydrogens (tertiary/aromatic N) is 6. The van der Waals surface area contributed by atoms with Crippen molar-refractivity contribution in [1.82, 2.24) is 35.4 Å². The fourth-order valence-corrected chi connectivity index (χ4v) is 3.00. The van der Waals surface area contributed by atoms with Gasteiger partial charge in [0.15, 0.2) is 17.2 Å². The van der Waals surface area contributed by atoms with E-state index in [0.29, 0.717) is 11.2 Å². The fraction of sp³-hybridized carbons (Fsp3) is 0.375. The lowest BCUT2D eigenvalue weighted by Gasteiger charge is -2.30. The monoisotopic (exact) mass is 397 g/mol. The minimum atomic E-state index is -4.80. The van der Waals surface area contributed by atoms with Crippen LogP contribution in [0, 0.1) is 5.82 Å². The molecule has 28 heavy (non-hydrogen) atoms. The standard InChI is InChI=1S/C16H15F4N7O/c1-26-7-6-21-8-11(26)14-22-15(28-24-14)12-13(16(18,19)20)27(25-23-12)10-4-2-9(17)3-5-10/h2-5,11,21H,6-8H2,1H3. The van der Waals surface area contributed by atoms with Crippen molar-refractivity contribution in [3.05, 3.63) is 41.6 Å². The molecule has 0 spiro atoms. The maximum absolute atomic E-state index is 13.7. The molecule has 1 aliphatic heterocycles. The van der Waals surface area contributed by atoms with Gasteiger partial charge in [0.2, 0.25) is 0 Å². The van der Waals surface area contributed by atoms with Crippen LogP contribution < -0.4 is 5.32 Å². The quantitative estimate of drug-likeness (QED) is 0.677. The molecule has 4 rings (SSSR count). The summed E-state index contributed by atoms with van der Waals surface area (Å²) >= 11 is 0. The molecule has 1 saturated heterocycles. The van der Waals surface area contributed by atoms with Crippen molar-refractivity contribution < 1.29 is 22.1 Å². The number of benzene rings is 1. The Labute approximate surface area is 156 Å². The molecular formula is C16H15F4N7O. The molecule has 0 radical (unpaired) electrons. The molecule has 0 aliphatic carbocycles. The van der Waals surface area contributed by atoms with Crippen molar-refractivity contribution in [3.8, 4) is 17.3 Å². The smallest absolute Gasteiger partial charge is 0.332 e. The van der Waals surface area contributed by atoms with Crippen LogP contribution in [0.3, 0.4) is 0 Å². The summed E-state index contributed by atoms with van der Waals surface area (Å²) in [5.41, 5.74) is -1.75. The lowest BCUT2D eigenvalue weighted by Crippen LogP contribution is -2.44. The van der Waals surface area contributed by atoms with Crippen LogP contribution in [0.4, 0.5) is 17.6 Å². The van der Waals surface area contributed by atoms with Crippen molar-refractivity contribution in [3.63, 3.8) is 0 Å². The normalized spacial score (nSPS) is 18.5. The average Bonchev–Trinajstić information content (AvgIpc) is 3.29. The molecule has 148 valence electrons. The largest absolute Gasteiger partial charge is 0.435 e. The van der Waals surface area contributed by atoms with Crippen LogP contribution in [0.15, 0.2) is 28.8 Å². The van der Waals surface area contributed by atoms with E-state index in [1.165, 1.54) is 12.1 Å². The molecule has 12 heteroatoms. The van der Waals surface area contributed by atoms with Gasteiger partial charge in [0.05, 0.1) is 11.7 Å². The van der Waals surface area contributed by atoms with Crippen LogP contribution in [0.2, 0.25) is 0 Å². The Balaban J connectivity index is 1.75. The highest BCUT2D eigenvalue weighted by atomic mass is 19.4. The lowest BCUT2D eigenvalue weighted by molar-refractivity contribution is -0.142. The summed E-state index contributed by atoms with van der Waals surface area (Å²) in [4.78, 5) is 6.09. The number of aromatic nitrogens is 5. The van der Waals surface area contributed by atoms with E-state index < -0.39 is 23.4 Å². The Morgan fingerprint density at radius 2 is 1.96 bits per heavy atom. The van der Waals surface area contributed by atoms with Gasteiger partial charge in [-0.05, 0) is 31.3 Å². The predicted molar refractivity (Wildman–Crippen MR) is 87.9 cm³/mol. The zero-order valence-corrected chi connectivity index (χ0v) is 14.6. The van der Waals surface area contributed by atoms with Crippen LogP contribution in [0.1, 0.15) is 17.6 Å². The molecule has 0 saturated carbocycles. The Kier molecular flexibility index (Phi) is 4.59. The van der Waals surface area contributed by atoms with Gasteiger partial charge < -0.3 is 9.84 Å². The summed E-state index contributed by atoms with van der Waals surface area (Å²) in [5, 5.41) is 14.2. The maximum atomic E-state index is 13.7. The Bertz CT molecular complexity index is 966. The highest BCUT2D eigenvalue weighted by Crippen LogP contribution is 2.37. The van der Waals surface area contributed by atoms with Gasteiger partial charge in [-0.1, -0.05) is 10.4 Å². The van der Waals surface area contributed by atoms with E-state index in [1.807, 2.05) is 11.9 Å². The number of hydrogen-bond donors (Lipinski definition) is 1. The number of halogens is 4. The van der Waals surface area contributed by atoms with Crippen molar-refractivity contribution in [2.24, 2.45) is 0 Å². The molecule has 8 nitrogen and oxygen atoms in total. The fourth-order valence-electron chi connectivity index (χ4n) is 3.00. The molecule has 0 bridgehead atoms. The van der Waals surface area contributed by atoms with Gasteiger partial charge in [-0.15, -0.1) is 5.10 Å². The van der Waals surface area contributed by atoms with Gasteiger partial charge in [-0.3, -0.25) is 4.90 Å². The molecule has 2 aromatic heterocycles. The second-order valence-corrected chi connectivity index (χ2v) is 6.33. The van der Waals surface area contributed by atoms with E-state index >= 15 is 0 Å². The van der Waals surface area contributed by atoms with E-state index in [2.05, 4.69) is 25.8 Å². The second kappa shape index (κ2) is 6.95. The van der Waals surface area contributed by atoms with E-state index in [4.69, 9.17) is 4.52 Å². The van der Waals surface area contributed by atoms with Crippen molar-refractivity contribution in [2.45, 2.75) is 12.2 Å². The van der Waals surface area contributed by atoms with Crippen LogP contribution >= 0.6 is 0 Å². The van der Waals surface area contributed by atoms with Gasteiger partial charge >= 0.3 is 6.18 Å². The number of nitrogens with one attached hydrogen (secondary N) is 1. The molecular weight excluding hydrogens is 382 g/mol. The topological polar surface area (TPSA) is 84.9 Å². The third kappa shape index (κ3) is 3.36. The van der Waals surface area contributed by atoms with Gasteiger partial charge in [-0.2, -0.15) is 18.2 Å². The highest BCUT2D eigenvalue weighted by Gasteiger charge is 2.42. The number of piperazine rings is 1. The van der Waals surface area contributed by atoms with Crippen molar-refractivity contribution in [1.29, 1.82) is 0 Å². The van der Waals surface area contributed by atoms with E-state index in [9.17, 15) is 17.6 Å². The minimum Gasteiger partial charge on any atom is -0.332 e. The van der Waals surface area contributed by atoms with Gasteiger partial charge in [0.1, 0.15) is 5.82 Å². The van der Waals surface area contributed by atoms with E-state index in [-0.39, 0.29) is 23.4 Å². The molecule has 3 heterocycles. The van der Waals surface area contributed by atoms with Gasteiger partial charge in [-0.25, -0.2) is 9.07 Å². The third-order valence-corrected chi connectivity index (χ3v) is 4.46.